The maximum Gasteiger partial charge on any atom is 0.255 e. The maximum absolute atomic E-state index is 14.1. The summed E-state index contributed by atoms with van der Waals surface area (Å²) in [7, 11) is 0. The van der Waals surface area contributed by atoms with Crippen LogP contribution in [0, 0.1) is 5.82 Å². The van der Waals surface area contributed by atoms with Crippen LogP contribution >= 0.6 is 0 Å². The molecule has 0 saturated carbocycles. The minimum atomic E-state index is -0.385. The zero-order valence-electron chi connectivity index (χ0n) is 15.5. The number of benzene rings is 2. The SMILES string of the molecule is CC1Oc2ccc(-c3cc(F)ccc3[C@H]3Cc4nc(N)ncc4C(=O)N3)cc2O1. The topological polar surface area (TPSA) is 99.4 Å². The van der Waals surface area contributed by atoms with Gasteiger partial charge in [-0.1, -0.05) is 12.1 Å². The van der Waals surface area contributed by atoms with Crippen molar-refractivity contribution in [2.24, 2.45) is 0 Å². The Bertz CT molecular complexity index is 1150. The van der Waals surface area contributed by atoms with Crippen LogP contribution in [-0.2, 0) is 6.42 Å². The van der Waals surface area contributed by atoms with Crippen molar-refractivity contribution in [3.8, 4) is 22.6 Å². The van der Waals surface area contributed by atoms with Crippen LogP contribution < -0.4 is 20.5 Å². The number of aromatic nitrogens is 2. The number of nitrogen functional groups attached to an aromatic ring is 1. The number of halogens is 1. The summed E-state index contributed by atoms with van der Waals surface area (Å²) in [5.41, 5.74) is 8.85. The van der Waals surface area contributed by atoms with Gasteiger partial charge < -0.3 is 20.5 Å². The minimum absolute atomic E-state index is 0.112. The summed E-state index contributed by atoms with van der Waals surface area (Å²) in [6, 6.07) is 9.58. The Balaban J connectivity index is 1.58. The summed E-state index contributed by atoms with van der Waals surface area (Å²) in [5, 5.41) is 2.96. The van der Waals surface area contributed by atoms with Gasteiger partial charge in [-0.25, -0.2) is 14.4 Å². The summed E-state index contributed by atoms with van der Waals surface area (Å²) in [5.74, 6) is 0.700. The van der Waals surface area contributed by atoms with Gasteiger partial charge in [-0.3, -0.25) is 4.79 Å². The van der Waals surface area contributed by atoms with E-state index in [9.17, 15) is 9.18 Å². The second-order valence-corrected chi connectivity index (χ2v) is 7.02. The quantitative estimate of drug-likeness (QED) is 0.696. The molecule has 3 heterocycles. The molecule has 0 fully saturated rings. The van der Waals surface area contributed by atoms with Gasteiger partial charge in [0.1, 0.15) is 5.82 Å². The molecule has 0 radical (unpaired) electrons. The van der Waals surface area contributed by atoms with E-state index in [0.717, 1.165) is 11.1 Å². The molecule has 2 aliphatic heterocycles. The number of carbonyl (C=O) groups is 1. The fourth-order valence-corrected chi connectivity index (χ4v) is 3.78. The number of rotatable bonds is 2. The van der Waals surface area contributed by atoms with E-state index in [1.165, 1.54) is 18.3 Å². The molecule has 0 aliphatic carbocycles. The van der Waals surface area contributed by atoms with Gasteiger partial charge in [0, 0.05) is 19.5 Å². The molecule has 2 atom stereocenters. The van der Waals surface area contributed by atoms with E-state index in [-0.39, 0.29) is 30.0 Å². The Morgan fingerprint density at radius 2 is 1.97 bits per heavy atom. The van der Waals surface area contributed by atoms with Crippen molar-refractivity contribution >= 4 is 11.9 Å². The normalized spacial score (nSPS) is 19.6. The highest BCUT2D eigenvalue weighted by Crippen LogP contribution is 2.40. The lowest BCUT2D eigenvalue weighted by molar-refractivity contribution is 0.0678. The van der Waals surface area contributed by atoms with Crippen molar-refractivity contribution in [1.29, 1.82) is 0 Å². The van der Waals surface area contributed by atoms with E-state index in [1.807, 2.05) is 12.1 Å². The molecule has 0 saturated heterocycles. The molecule has 1 amide bonds. The van der Waals surface area contributed by atoms with Crippen molar-refractivity contribution in [2.75, 3.05) is 5.73 Å². The number of nitrogens with zero attached hydrogens (tertiary/aromatic N) is 2. The van der Waals surface area contributed by atoms with Gasteiger partial charge in [0.05, 0.1) is 17.3 Å². The first kappa shape index (κ1) is 17.4. The number of ether oxygens (including phenoxy) is 2. The van der Waals surface area contributed by atoms with Crippen molar-refractivity contribution in [2.45, 2.75) is 25.7 Å². The van der Waals surface area contributed by atoms with Gasteiger partial charge in [0.15, 0.2) is 11.5 Å². The first-order valence-corrected chi connectivity index (χ1v) is 9.17. The molecule has 8 heteroatoms. The fraction of sp³-hybridized carbons (Fsp3) is 0.190. The number of anilines is 1. The number of carbonyl (C=O) groups excluding carboxylic acids is 1. The number of amides is 1. The standard InChI is InChI=1S/C21H17FN4O3/c1-10-28-18-5-2-11(6-19(18)29-10)14-7-12(22)3-4-13(14)16-8-17-15(20(27)25-16)9-24-21(23)26-17/h2-7,9-10,16H,8H2,1H3,(H,25,27)(H2,23,24,26)/t10?,16-/m1/s1. The predicted octanol–water partition coefficient (Wildman–Crippen LogP) is 3.01. The van der Waals surface area contributed by atoms with Crippen LogP contribution in [0.5, 0.6) is 11.5 Å². The van der Waals surface area contributed by atoms with E-state index < -0.39 is 0 Å². The molecule has 3 aromatic rings. The number of fused-ring (bicyclic) bond motifs is 2. The van der Waals surface area contributed by atoms with Crippen LogP contribution in [0.25, 0.3) is 11.1 Å². The van der Waals surface area contributed by atoms with Crippen LogP contribution in [0.2, 0.25) is 0 Å². The molecule has 2 aromatic carbocycles. The van der Waals surface area contributed by atoms with E-state index >= 15 is 0 Å². The van der Waals surface area contributed by atoms with E-state index in [4.69, 9.17) is 15.2 Å². The Labute approximate surface area is 165 Å². The number of hydrogen-bond acceptors (Lipinski definition) is 6. The average Bonchev–Trinajstić information content (AvgIpc) is 3.06. The lowest BCUT2D eigenvalue weighted by Gasteiger charge is -2.27. The van der Waals surface area contributed by atoms with Gasteiger partial charge in [-0.05, 0) is 41.0 Å². The molecule has 146 valence electrons. The Morgan fingerprint density at radius 3 is 2.83 bits per heavy atom. The Kier molecular flexibility index (Phi) is 3.87. The molecule has 3 N–H and O–H groups in total. The average molecular weight is 392 g/mol. The van der Waals surface area contributed by atoms with Gasteiger partial charge in [0.2, 0.25) is 12.2 Å². The fourth-order valence-electron chi connectivity index (χ4n) is 3.78. The Morgan fingerprint density at radius 1 is 1.14 bits per heavy atom. The summed E-state index contributed by atoms with van der Waals surface area (Å²) in [6.07, 6.45) is 1.48. The van der Waals surface area contributed by atoms with Crippen molar-refractivity contribution in [1.82, 2.24) is 15.3 Å². The summed E-state index contributed by atoms with van der Waals surface area (Å²) in [6.45, 7) is 1.80. The van der Waals surface area contributed by atoms with Crippen LogP contribution in [0.4, 0.5) is 10.3 Å². The molecule has 5 rings (SSSR count). The van der Waals surface area contributed by atoms with Gasteiger partial charge in [-0.2, -0.15) is 0 Å². The first-order valence-electron chi connectivity index (χ1n) is 9.17. The maximum atomic E-state index is 14.1. The van der Waals surface area contributed by atoms with Gasteiger partial charge in [0.25, 0.3) is 5.91 Å². The molecular weight excluding hydrogens is 375 g/mol. The third-order valence-corrected chi connectivity index (χ3v) is 5.07. The number of nitrogens with two attached hydrogens (primary N) is 1. The Hall–Kier alpha value is -3.68. The summed E-state index contributed by atoms with van der Waals surface area (Å²) >= 11 is 0. The van der Waals surface area contributed by atoms with E-state index in [1.54, 1.807) is 19.1 Å². The molecule has 0 bridgehead atoms. The van der Waals surface area contributed by atoms with Crippen LogP contribution in [-0.4, -0.2) is 22.2 Å². The zero-order valence-corrected chi connectivity index (χ0v) is 15.5. The largest absolute Gasteiger partial charge is 0.451 e. The molecule has 1 aromatic heterocycles. The number of hydrogen-bond donors (Lipinski definition) is 2. The zero-order chi connectivity index (χ0) is 20.1. The van der Waals surface area contributed by atoms with Crippen LogP contribution in [0.1, 0.15) is 34.6 Å². The minimum Gasteiger partial charge on any atom is -0.451 e. The third kappa shape index (κ3) is 3.02. The molecule has 2 aliphatic rings. The second kappa shape index (κ2) is 6.44. The predicted molar refractivity (Wildman–Crippen MR) is 103 cm³/mol. The summed E-state index contributed by atoms with van der Waals surface area (Å²) < 4.78 is 25.3. The molecule has 29 heavy (non-hydrogen) atoms. The van der Waals surface area contributed by atoms with Crippen LogP contribution in [0.15, 0.2) is 42.6 Å². The summed E-state index contributed by atoms with van der Waals surface area (Å²) in [4.78, 5) is 20.6. The van der Waals surface area contributed by atoms with Gasteiger partial charge >= 0.3 is 0 Å². The molecule has 1 unspecified atom stereocenters. The monoisotopic (exact) mass is 392 g/mol. The highest BCUT2D eigenvalue weighted by Gasteiger charge is 2.29. The highest BCUT2D eigenvalue weighted by atomic mass is 19.1. The van der Waals surface area contributed by atoms with Crippen LogP contribution in [0.3, 0.4) is 0 Å². The van der Waals surface area contributed by atoms with E-state index in [2.05, 4.69) is 15.3 Å². The van der Waals surface area contributed by atoms with Crippen molar-refractivity contribution in [3.63, 3.8) is 0 Å². The lowest BCUT2D eigenvalue weighted by atomic mass is 9.89. The van der Waals surface area contributed by atoms with E-state index in [0.29, 0.717) is 34.7 Å². The smallest absolute Gasteiger partial charge is 0.255 e. The van der Waals surface area contributed by atoms with Crippen molar-refractivity contribution in [3.05, 3.63) is 65.2 Å². The number of nitrogens with one attached hydrogen (secondary N) is 1. The molecule has 0 spiro atoms. The van der Waals surface area contributed by atoms with Gasteiger partial charge in [-0.15, -0.1) is 0 Å². The lowest BCUT2D eigenvalue weighted by Crippen LogP contribution is -2.36. The molecule has 7 nitrogen and oxygen atoms in total. The molecular formula is C21H17FN4O3. The second-order valence-electron chi connectivity index (χ2n) is 7.02. The third-order valence-electron chi connectivity index (χ3n) is 5.07. The first-order chi connectivity index (χ1) is 14.0. The van der Waals surface area contributed by atoms with Crippen molar-refractivity contribution < 1.29 is 18.7 Å². The highest BCUT2D eigenvalue weighted by molar-refractivity contribution is 5.96.